The summed E-state index contributed by atoms with van der Waals surface area (Å²) in [6, 6.07) is 14.3. The highest BCUT2D eigenvalue weighted by molar-refractivity contribution is 5.85. The predicted octanol–water partition coefficient (Wildman–Crippen LogP) is 3.08. The standard InChI is InChI=1S/C25H24N4O7/c1-31-16-4-2-3-15(10-16)27-25(30)36-21-12-33-22-18(11-32-23(21)22)29-24-26-8-7-17(28-24)14-5-6-19-20(9-14)35-13-34-19/h2-10,18,21-23H,11-13H2,1H3,(H,27,30)(H,26,28,29)/t18-,21+,22+,23+/m0/s1. The first-order valence-electron chi connectivity index (χ1n) is 11.5. The van der Waals surface area contributed by atoms with Gasteiger partial charge in [-0.05, 0) is 36.4 Å². The molecule has 1 aromatic heterocycles. The Hall–Kier alpha value is -4.09. The van der Waals surface area contributed by atoms with Crippen LogP contribution in [-0.4, -0.2) is 67.5 Å². The van der Waals surface area contributed by atoms with Crippen molar-refractivity contribution in [1.82, 2.24) is 9.97 Å². The lowest BCUT2D eigenvalue weighted by Crippen LogP contribution is -2.38. The van der Waals surface area contributed by atoms with E-state index < -0.39 is 18.3 Å². The second-order valence-electron chi connectivity index (χ2n) is 8.48. The van der Waals surface area contributed by atoms with E-state index in [2.05, 4.69) is 20.6 Å². The van der Waals surface area contributed by atoms with E-state index in [9.17, 15) is 4.79 Å². The normalized spacial score (nSPS) is 23.7. The Kier molecular flexibility index (Phi) is 5.91. The van der Waals surface area contributed by atoms with Crippen LogP contribution < -0.4 is 24.8 Å². The van der Waals surface area contributed by atoms with Gasteiger partial charge in [-0.1, -0.05) is 6.07 Å². The minimum absolute atomic E-state index is 0.197. The average Bonchev–Trinajstić information content (AvgIpc) is 3.62. The van der Waals surface area contributed by atoms with Crippen molar-refractivity contribution in [3.63, 3.8) is 0 Å². The molecule has 0 aliphatic carbocycles. The van der Waals surface area contributed by atoms with E-state index >= 15 is 0 Å². The van der Waals surface area contributed by atoms with Crippen LogP contribution in [0.15, 0.2) is 54.7 Å². The van der Waals surface area contributed by atoms with Gasteiger partial charge in [0.2, 0.25) is 12.7 Å². The van der Waals surface area contributed by atoms with E-state index in [0.29, 0.717) is 35.5 Å². The van der Waals surface area contributed by atoms with Gasteiger partial charge < -0.3 is 33.7 Å². The van der Waals surface area contributed by atoms with Crippen molar-refractivity contribution in [3.05, 3.63) is 54.7 Å². The maximum atomic E-state index is 12.4. The maximum absolute atomic E-state index is 12.4. The van der Waals surface area contributed by atoms with Crippen LogP contribution in [0.5, 0.6) is 17.2 Å². The Balaban J connectivity index is 1.08. The molecule has 11 nitrogen and oxygen atoms in total. The molecule has 4 heterocycles. The van der Waals surface area contributed by atoms with Gasteiger partial charge in [0.05, 0.1) is 32.1 Å². The van der Waals surface area contributed by atoms with Crippen LogP contribution in [0.2, 0.25) is 0 Å². The molecule has 0 bridgehead atoms. The molecule has 36 heavy (non-hydrogen) atoms. The summed E-state index contributed by atoms with van der Waals surface area (Å²) in [6.07, 6.45) is -0.133. The number of benzene rings is 2. The van der Waals surface area contributed by atoms with Gasteiger partial charge in [0.15, 0.2) is 17.6 Å². The van der Waals surface area contributed by atoms with Crippen LogP contribution >= 0.6 is 0 Å². The van der Waals surface area contributed by atoms with Crippen LogP contribution in [0.25, 0.3) is 11.3 Å². The van der Waals surface area contributed by atoms with E-state index in [0.717, 1.165) is 11.3 Å². The van der Waals surface area contributed by atoms with Crippen LogP contribution in [0.4, 0.5) is 16.4 Å². The first kappa shape index (κ1) is 22.4. The summed E-state index contributed by atoms with van der Waals surface area (Å²) in [5.74, 6) is 2.49. The van der Waals surface area contributed by atoms with E-state index in [-0.39, 0.29) is 25.5 Å². The molecule has 0 unspecified atom stereocenters. The smallest absolute Gasteiger partial charge is 0.412 e. The number of nitrogens with zero attached hydrogens (tertiary/aromatic N) is 2. The summed E-state index contributed by atoms with van der Waals surface area (Å²) in [4.78, 5) is 21.4. The number of nitrogens with one attached hydrogen (secondary N) is 2. The molecular weight excluding hydrogens is 468 g/mol. The van der Waals surface area contributed by atoms with Crippen LogP contribution in [-0.2, 0) is 14.2 Å². The number of carbonyl (C=O) groups excluding carboxylic acids is 1. The fraction of sp³-hybridized carbons (Fsp3) is 0.320. The summed E-state index contributed by atoms with van der Waals surface area (Å²) in [7, 11) is 1.56. The van der Waals surface area contributed by atoms with E-state index in [1.54, 1.807) is 37.6 Å². The second kappa shape index (κ2) is 9.51. The fourth-order valence-corrected chi connectivity index (χ4v) is 4.49. The first-order chi connectivity index (χ1) is 17.7. The molecule has 2 fully saturated rings. The lowest BCUT2D eigenvalue weighted by Gasteiger charge is -2.18. The van der Waals surface area contributed by atoms with Crippen LogP contribution in [0, 0.1) is 0 Å². The molecule has 0 radical (unpaired) electrons. The van der Waals surface area contributed by atoms with Crippen LogP contribution in [0.1, 0.15) is 0 Å². The van der Waals surface area contributed by atoms with E-state index in [1.807, 2.05) is 24.3 Å². The third-order valence-electron chi connectivity index (χ3n) is 6.22. The number of anilines is 2. The van der Waals surface area contributed by atoms with Crippen molar-refractivity contribution in [2.24, 2.45) is 0 Å². The lowest BCUT2D eigenvalue weighted by atomic mass is 10.1. The molecule has 0 spiro atoms. The molecule has 186 valence electrons. The zero-order valence-corrected chi connectivity index (χ0v) is 19.4. The minimum atomic E-state index is -0.586. The average molecular weight is 492 g/mol. The van der Waals surface area contributed by atoms with Gasteiger partial charge in [0.25, 0.3) is 0 Å². The van der Waals surface area contributed by atoms with Crippen molar-refractivity contribution in [2.45, 2.75) is 24.4 Å². The van der Waals surface area contributed by atoms with Gasteiger partial charge in [0, 0.05) is 23.5 Å². The molecule has 2 aromatic carbocycles. The van der Waals surface area contributed by atoms with Crippen molar-refractivity contribution in [2.75, 3.05) is 37.8 Å². The van der Waals surface area contributed by atoms with E-state index in [4.69, 9.17) is 28.4 Å². The Morgan fingerprint density at radius 2 is 1.92 bits per heavy atom. The Bertz CT molecular complexity index is 1270. The highest BCUT2D eigenvalue weighted by Gasteiger charge is 2.49. The number of rotatable bonds is 6. The van der Waals surface area contributed by atoms with Gasteiger partial charge in [-0.2, -0.15) is 0 Å². The molecule has 2 N–H and O–H groups in total. The molecule has 1 amide bonds. The summed E-state index contributed by atoms with van der Waals surface area (Å²) in [6.45, 7) is 0.814. The number of carbonyl (C=O) groups is 1. The summed E-state index contributed by atoms with van der Waals surface area (Å²) in [5.41, 5.74) is 2.20. The van der Waals surface area contributed by atoms with Crippen molar-refractivity contribution < 1.29 is 33.2 Å². The monoisotopic (exact) mass is 492 g/mol. The van der Waals surface area contributed by atoms with Gasteiger partial charge in [-0.3, -0.25) is 5.32 Å². The van der Waals surface area contributed by atoms with Gasteiger partial charge in [0.1, 0.15) is 18.0 Å². The second-order valence-corrected chi connectivity index (χ2v) is 8.48. The summed E-state index contributed by atoms with van der Waals surface area (Å²) in [5, 5.41) is 6.01. The molecule has 0 saturated carbocycles. The lowest BCUT2D eigenvalue weighted by molar-refractivity contribution is 0.00917. The number of hydrogen-bond acceptors (Lipinski definition) is 10. The molecule has 3 aromatic rings. The zero-order valence-electron chi connectivity index (χ0n) is 19.4. The third-order valence-corrected chi connectivity index (χ3v) is 6.22. The number of aromatic nitrogens is 2. The third kappa shape index (κ3) is 4.45. The molecule has 3 aliphatic heterocycles. The van der Waals surface area contributed by atoms with Gasteiger partial charge >= 0.3 is 6.09 Å². The number of amides is 1. The van der Waals surface area contributed by atoms with Gasteiger partial charge in [-0.15, -0.1) is 0 Å². The maximum Gasteiger partial charge on any atom is 0.412 e. The SMILES string of the molecule is COc1cccc(NC(=O)O[C@@H]2CO[C@H]3[C@@H]2OC[C@@H]3Nc2nccc(-c3ccc4c(c3)OCO4)n2)c1. The molecule has 6 rings (SSSR count). The highest BCUT2D eigenvalue weighted by Crippen LogP contribution is 2.36. The number of hydrogen-bond donors (Lipinski definition) is 2. The zero-order chi connectivity index (χ0) is 24.5. The van der Waals surface area contributed by atoms with Gasteiger partial charge in [-0.25, -0.2) is 14.8 Å². The van der Waals surface area contributed by atoms with Crippen molar-refractivity contribution >= 4 is 17.7 Å². The molecule has 2 saturated heterocycles. The van der Waals surface area contributed by atoms with Crippen molar-refractivity contribution in [1.29, 1.82) is 0 Å². The number of methoxy groups -OCH3 is 1. The number of ether oxygens (including phenoxy) is 6. The Morgan fingerprint density at radius 3 is 2.83 bits per heavy atom. The Labute approximate surface area is 206 Å². The number of fused-ring (bicyclic) bond motifs is 2. The molecule has 11 heteroatoms. The summed E-state index contributed by atoms with van der Waals surface area (Å²) >= 11 is 0. The van der Waals surface area contributed by atoms with Crippen LogP contribution in [0.3, 0.4) is 0 Å². The van der Waals surface area contributed by atoms with Crippen molar-refractivity contribution in [3.8, 4) is 28.5 Å². The topological polar surface area (TPSA) is 122 Å². The Morgan fingerprint density at radius 1 is 1.03 bits per heavy atom. The first-order valence-corrected chi connectivity index (χ1v) is 11.5. The largest absolute Gasteiger partial charge is 0.497 e. The quantitative estimate of drug-likeness (QED) is 0.531. The summed E-state index contributed by atoms with van der Waals surface area (Å²) < 4.78 is 33.5. The van der Waals surface area contributed by atoms with E-state index in [1.165, 1.54) is 0 Å². The predicted molar refractivity (Wildman–Crippen MR) is 127 cm³/mol. The highest BCUT2D eigenvalue weighted by atomic mass is 16.7. The fourth-order valence-electron chi connectivity index (χ4n) is 4.49. The minimum Gasteiger partial charge on any atom is -0.497 e. The molecule has 3 aliphatic rings. The molecule has 4 atom stereocenters. The molecular formula is C25H24N4O7.